The molecule has 0 radical (unpaired) electrons. The van der Waals surface area contributed by atoms with Crippen molar-refractivity contribution in [1.82, 2.24) is 20.1 Å². The SMILES string of the molecule is CN(C)C[C@H]1CN(C(=O)NCC(C)(C)c2ccccn2)CCO1. The standard InChI is InChI=1S/C17H28N4O2/c1-17(2,15-7-5-6-8-18-15)13-19-16(22)21-9-10-23-14(12-21)11-20(3)4/h5-8,14H,9-13H2,1-4H3,(H,19,22)/t14-/m0/s1. The number of nitrogens with zero attached hydrogens (tertiary/aromatic N) is 3. The predicted molar refractivity (Wildman–Crippen MR) is 90.5 cm³/mol. The quantitative estimate of drug-likeness (QED) is 0.889. The highest BCUT2D eigenvalue weighted by Crippen LogP contribution is 2.19. The molecule has 2 amide bonds. The molecular weight excluding hydrogens is 292 g/mol. The molecule has 1 aliphatic rings. The molecule has 1 aromatic rings. The van der Waals surface area contributed by atoms with Crippen LogP contribution in [0.1, 0.15) is 19.5 Å². The summed E-state index contributed by atoms with van der Waals surface area (Å²) >= 11 is 0. The fourth-order valence-corrected chi connectivity index (χ4v) is 2.68. The first-order valence-corrected chi connectivity index (χ1v) is 8.09. The van der Waals surface area contributed by atoms with Crippen LogP contribution in [0.4, 0.5) is 4.79 Å². The first kappa shape index (κ1) is 17.7. The Labute approximate surface area is 138 Å². The number of nitrogens with one attached hydrogen (secondary N) is 1. The highest BCUT2D eigenvalue weighted by molar-refractivity contribution is 5.74. The summed E-state index contributed by atoms with van der Waals surface area (Å²) in [5.74, 6) is 0. The number of hydrogen-bond donors (Lipinski definition) is 1. The lowest BCUT2D eigenvalue weighted by molar-refractivity contribution is -0.0246. The van der Waals surface area contributed by atoms with Gasteiger partial charge in [-0.05, 0) is 26.2 Å². The van der Waals surface area contributed by atoms with Crippen molar-refractivity contribution in [2.45, 2.75) is 25.4 Å². The van der Waals surface area contributed by atoms with Crippen LogP contribution in [0.5, 0.6) is 0 Å². The summed E-state index contributed by atoms with van der Waals surface area (Å²) in [6.07, 6.45) is 1.86. The number of pyridine rings is 1. The van der Waals surface area contributed by atoms with Crippen LogP contribution in [-0.4, -0.2) is 73.8 Å². The summed E-state index contributed by atoms with van der Waals surface area (Å²) < 4.78 is 5.71. The van der Waals surface area contributed by atoms with E-state index in [1.807, 2.05) is 37.2 Å². The molecule has 1 saturated heterocycles. The van der Waals surface area contributed by atoms with E-state index in [2.05, 4.69) is 29.0 Å². The Morgan fingerprint density at radius 2 is 2.26 bits per heavy atom. The van der Waals surface area contributed by atoms with Gasteiger partial charge in [0.2, 0.25) is 0 Å². The van der Waals surface area contributed by atoms with Crippen molar-refractivity contribution >= 4 is 6.03 Å². The van der Waals surface area contributed by atoms with Gasteiger partial charge in [0.05, 0.1) is 12.7 Å². The van der Waals surface area contributed by atoms with Crippen molar-refractivity contribution in [2.75, 3.05) is 46.9 Å². The van der Waals surface area contributed by atoms with E-state index in [0.29, 0.717) is 26.2 Å². The number of urea groups is 1. The minimum atomic E-state index is -0.202. The first-order chi connectivity index (χ1) is 10.9. The van der Waals surface area contributed by atoms with E-state index < -0.39 is 0 Å². The van der Waals surface area contributed by atoms with Crippen LogP contribution in [0.3, 0.4) is 0 Å². The van der Waals surface area contributed by atoms with Gasteiger partial charge in [0, 0.05) is 43.5 Å². The summed E-state index contributed by atoms with van der Waals surface area (Å²) in [5, 5.41) is 3.04. The van der Waals surface area contributed by atoms with Gasteiger partial charge in [-0.25, -0.2) is 4.79 Å². The zero-order valence-electron chi connectivity index (χ0n) is 14.6. The number of likely N-dealkylation sites (N-methyl/N-ethyl adjacent to an activating group) is 1. The molecule has 0 aliphatic carbocycles. The van der Waals surface area contributed by atoms with Crippen molar-refractivity contribution in [1.29, 1.82) is 0 Å². The lowest BCUT2D eigenvalue weighted by Gasteiger charge is -2.35. The lowest BCUT2D eigenvalue weighted by atomic mass is 9.89. The number of morpholine rings is 1. The third-order valence-corrected chi connectivity index (χ3v) is 4.03. The Morgan fingerprint density at radius 3 is 2.91 bits per heavy atom. The molecule has 0 unspecified atom stereocenters. The normalized spacial score (nSPS) is 19.0. The molecule has 0 bridgehead atoms. The number of rotatable bonds is 5. The molecule has 1 fully saturated rings. The van der Waals surface area contributed by atoms with Crippen LogP contribution in [0.2, 0.25) is 0 Å². The van der Waals surface area contributed by atoms with Crippen LogP contribution in [-0.2, 0) is 10.2 Å². The van der Waals surface area contributed by atoms with Gasteiger partial charge < -0.3 is 19.9 Å². The van der Waals surface area contributed by atoms with Gasteiger partial charge in [-0.15, -0.1) is 0 Å². The first-order valence-electron chi connectivity index (χ1n) is 8.09. The summed E-state index contributed by atoms with van der Waals surface area (Å²) in [4.78, 5) is 20.7. The van der Waals surface area contributed by atoms with Crippen LogP contribution in [0, 0.1) is 0 Å². The minimum absolute atomic E-state index is 0.0268. The maximum atomic E-state index is 12.4. The largest absolute Gasteiger partial charge is 0.373 e. The molecule has 2 heterocycles. The number of carbonyl (C=O) groups is 1. The van der Waals surface area contributed by atoms with E-state index in [9.17, 15) is 4.79 Å². The van der Waals surface area contributed by atoms with Crippen LogP contribution >= 0.6 is 0 Å². The van der Waals surface area contributed by atoms with Gasteiger partial charge in [-0.3, -0.25) is 4.98 Å². The molecule has 1 N–H and O–H groups in total. The van der Waals surface area contributed by atoms with Crippen molar-refractivity contribution in [3.8, 4) is 0 Å². The summed E-state index contributed by atoms with van der Waals surface area (Å²) in [6, 6.07) is 5.84. The van der Waals surface area contributed by atoms with E-state index in [1.54, 1.807) is 6.20 Å². The van der Waals surface area contributed by atoms with Crippen LogP contribution in [0.15, 0.2) is 24.4 Å². The van der Waals surface area contributed by atoms with Gasteiger partial charge in [-0.2, -0.15) is 0 Å². The highest BCUT2D eigenvalue weighted by Gasteiger charge is 2.27. The van der Waals surface area contributed by atoms with E-state index in [-0.39, 0.29) is 17.6 Å². The second-order valence-electron chi connectivity index (χ2n) is 6.96. The highest BCUT2D eigenvalue weighted by atomic mass is 16.5. The fraction of sp³-hybridized carbons (Fsp3) is 0.647. The summed E-state index contributed by atoms with van der Waals surface area (Å²) in [5.41, 5.74) is 0.777. The average Bonchev–Trinajstić information content (AvgIpc) is 2.53. The minimum Gasteiger partial charge on any atom is -0.373 e. The third-order valence-electron chi connectivity index (χ3n) is 4.03. The van der Waals surface area contributed by atoms with E-state index >= 15 is 0 Å². The molecule has 1 aliphatic heterocycles. The van der Waals surface area contributed by atoms with Gasteiger partial charge in [0.15, 0.2) is 0 Å². The molecule has 0 aromatic carbocycles. The molecule has 128 valence electrons. The number of amides is 2. The zero-order valence-corrected chi connectivity index (χ0v) is 14.6. The predicted octanol–water partition coefficient (Wildman–Crippen LogP) is 1.33. The van der Waals surface area contributed by atoms with E-state index in [0.717, 1.165) is 12.2 Å². The number of aromatic nitrogens is 1. The van der Waals surface area contributed by atoms with Crippen molar-refractivity contribution in [2.24, 2.45) is 0 Å². The number of hydrogen-bond acceptors (Lipinski definition) is 4. The van der Waals surface area contributed by atoms with Crippen LogP contribution in [0.25, 0.3) is 0 Å². The second-order valence-corrected chi connectivity index (χ2v) is 6.96. The third kappa shape index (κ3) is 5.18. The van der Waals surface area contributed by atoms with Gasteiger partial charge >= 0.3 is 6.03 Å². The molecule has 1 atom stereocenters. The van der Waals surface area contributed by atoms with Gasteiger partial charge in [0.25, 0.3) is 0 Å². The molecule has 6 heteroatoms. The average molecular weight is 320 g/mol. The zero-order chi connectivity index (χ0) is 16.9. The van der Waals surface area contributed by atoms with Crippen LogP contribution < -0.4 is 5.32 Å². The molecular formula is C17H28N4O2. The number of carbonyl (C=O) groups excluding carboxylic acids is 1. The van der Waals surface area contributed by atoms with Crippen molar-refractivity contribution in [3.05, 3.63) is 30.1 Å². The van der Waals surface area contributed by atoms with Gasteiger partial charge in [0.1, 0.15) is 0 Å². The van der Waals surface area contributed by atoms with Crippen molar-refractivity contribution in [3.63, 3.8) is 0 Å². The lowest BCUT2D eigenvalue weighted by Crippen LogP contribution is -2.53. The molecule has 0 saturated carbocycles. The Kier molecular flexibility index (Phi) is 5.96. The molecule has 2 rings (SSSR count). The van der Waals surface area contributed by atoms with Gasteiger partial charge in [-0.1, -0.05) is 19.9 Å². The molecule has 6 nitrogen and oxygen atoms in total. The Morgan fingerprint density at radius 1 is 1.48 bits per heavy atom. The summed E-state index contributed by atoms with van der Waals surface area (Å²) in [7, 11) is 4.02. The molecule has 1 aromatic heterocycles. The molecule has 23 heavy (non-hydrogen) atoms. The van der Waals surface area contributed by atoms with Crippen molar-refractivity contribution < 1.29 is 9.53 Å². The smallest absolute Gasteiger partial charge is 0.317 e. The number of ether oxygens (including phenoxy) is 1. The Bertz CT molecular complexity index is 505. The topological polar surface area (TPSA) is 57.7 Å². The van der Waals surface area contributed by atoms with E-state index in [4.69, 9.17) is 4.74 Å². The second kappa shape index (κ2) is 7.75. The summed E-state index contributed by atoms with van der Waals surface area (Å²) in [6.45, 7) is 7.42. The Balaban J connectivity index is 1.86. The maximum Gasteiger partial charge on any atom is 0.317 e. The fourth-order valence-electron chi connectivity index (χ4n) is 2.68. The monoisotopic (exact) mass is 320 g/mol. The van der Waals surface area contributed by atoms with E-state index in [1.165, 1.54) is 0 Å². The maximum absolute atomic E-state index is 12.4. The Hall–Kier alpha value is -1.66. The molecule has 0 spiro atoms.